The zero-order chi connectivity index (χ0) is 17.3. The van der Waals surface area contributed by atoms with Crippen molar-refractivity contribution < 1.29 is 9.53 Å². The Balaban J connectivity index is 2.32. The number of amides is 1. The van der Waals surface area contributed by atoms with E-state index in [4.69, 9.17) is 4.74 Å². The number of ether oxygens (including phenoxy) is 1. The van der Waals surface area contributed by atoms with Crippen LogP contribution in [0.25, 0.3) is 0 Å². The van der Waals surface area contributed by atoms with Gasteiger partial charge in [-0.25, -0.2) is 0 Å². The largest absolute Gasteiger partial charge is 0.478 e. The number of carbonyl (C=O) groups is 1. The molecule has 4 heteroatoms. The molecule has 0 bridgehead atoms. The lowest BCUT2D eigenvalue weighted by Gasteiger charge is -2.28. The van der Waals surface area contributed by atoms with Crippen LogP contribution < -0.4 is 15.4 Å². The molecule has 0 aromatic heterocycles. The normalized spacial score (nSPS) is 12.7. The molecule has 0 fully saturated rings. The van der Waals surface area contributed by atoms with Gasteiger partial charge in [0, 0.05) is 19.2 Å². The molecule has 0 aliphatic heterocycles. The van der Waals surface area contributed by atoms with Gasteiger partial charge in [-0.05, 0) is 42.0 Å². The van der Waals surface area contributed by atoms with Crippen LogP contribution in [-0.4, -0.2) is 26.2 Å². The fourth-order valence-electron chi connectivity index (χ4n) is 2.98. The summed E-state index contributed by atoms with van der Waals surface area (Å²) in [6.45, 7) is 10.6. The molecule has 0 saturated carbocycles. The van der Waals surface area contributed by atoms with E-state index in [1.165, 1.54) is 19.3 Å². The average molecular weight is 320 g/mol. The lowest BCUT2D eigenvalue weighted by molar-refractivity contribution is 0.0963. The lowest BCUT2D eigenvalue weighted by atomic mass is 9.82. The van der Waals surface area contributed by atoms with Crippen molar-refractivity contribution in [2.45, 2.75) is 47.0 Å². The first kappa shape index (κ1) is 19.5. The fraction of sp³-hybridized carbons (Fsp3) is 0.632. The van der Waals surface area contributed by atoms with E-state index in [1.807, 2.05) is 12.1 Å². The van der Waals surface area contributed by atoms with Gasteiger partial charge in [0.25, 0.3) is 5.91 Å². The Morgan fingerprint density at radius 3 is 2.48 bits per heavy atom. The minimum atomic E-state index is -0.0855. The average Bonchev–Trinajstić information content (AvgIpc) is 2.51. The Morgan fingerprint density at radius 2 is 1.91 bits per heavy atom. The molecule has 0 spiro atoms. The maximum atomic E-state index is 11.5. The molecule has 0 aliphatic rings. The molecule has 1 rings (SSSR count). The lowest BCUT2D eigenvalue weighted by Crippen LogP contribution is -2.33. The summed E-state index contributed by atoms with van der Waals surface area (Å²) in [5.74, 6) is 1.44. The van der Waals surface area contributed by atoms with Gasteiger partial charge in [-0.15, -0.1) is 0 Å². The molecule has 1 atom stereocenters. The van der Waals surface area contributed by atoms with Crippen molar-refractivity contribution in [3.05, 3.63) is 29.8 Å². The van der Waals surface area contributed by atoms with E-state index >= 15 is 0 Å². The fourth-order valence-corrected chi connectivity index (χ4v) is 2.98. The summed E-state index contributed by atoms with van der Waals surface area (Å²) in [4.78, 5) is 11.5. The van der Waals surface area contributed by atoms with E-state index in [0.717, 1.165) is 18.2 Å². The van der Waals surface area contributed by atoms with Crippen LogP contribution >= 0.6 is 0 Å². The van der Waals surface area contributed by atoms with Crippen LogP contribution in [0.1, 0.15) is 57.3 Å². The predicted molar refractivity (Wildman–Crippen MR) is 95.8 cm³/mol. The van der Waals surface area contributed by atoms with Crippen LogP contribution in [0.4, 0.5) is 0 Å². The zero-order valence-corrected chi connectivity index (χ0v) is 15.2. The molecule has 1 amide bonds. The third-order valence-corrected chi connectivity index (χ3v) is 3.97. The second kappa shape index (κ2) is 9.56. The van der Waals surface area contributed by atoms with Crippen molar-refractivity contribution >= 4 is 5.91 Å². The van der Waals surface area contributed by atoms with Gasteiger partial charge in [0.15, 0.2) is 0 Å². The highest BCUT2D eigenvalue weighted by Crippen LogP contribution is 2.26. The van der Waals surface area contributed by atoms with E-state index in [9.17, 15) is 4.79 Å². The molecule has 1 aromatic carbocycles. The van der Waals surface area contributed by atoms with Crippen LogP contribution in [0.3, 0.4) is 0 Å². The smallest absolute Gasteiger partial charge is 0.251 e. The van der Waals surface area contributed by atoms with Gasteiger partial charge in [-0.2, -0.15) is 0 Å². The van der Waals surface area contributed by atoms with E-state index in [0.29, 0.717) is 12.3 Å². The SMILES string of the molecule is CCCC(C)CC(C)(C)CNCOc1ccc(C(=O)NC)cc1. The number of rotatable bonds is 10. The van der Waals surface area contributed by atoms with Gasteiger partial charge in [0.05, 0.1) is 0 Å². The summed E-state index contributed by atoms with van der Waals surface area (Å²) >= 11 is 0. The molecule has 0 radical (unpaired) electrons. The van der Waals surface area contributed by atoms with Crippen molar-refractivity contribution in [1.82, 2.24) is 10.6 Å². The van der Waals surface area contributed by atoms with Crippen molar-refractivity contribution in [3.8, 4) is 5.75 Å². The van der Waals surface area contributed by atoms with Gasteiger partial charge in [0.2, 0.25) is 0 Å². The zero-order valence-electron chi connectivity index (χ0n) is 15.2. The third kappa shape index (κ3) is 7.51. The number of carbonyl (C=O) groups excluding carboxylic acids is 1. The van der Waals surface area contributed by atoms with Gasteiger partial charge < -0.3 is 10.1 Å². The van der Waals surface area contributed by atoms with E-state index in [1.54, 1.807) is 19.2 Å². The van der Waals surface area contributed by atoms with Gasteiger partial charge in [-0.1, -0.05) is 40.5 Å². The second-order valence-corrected chi connectivity index (χ2v) is 7.08. The van der Waals surface area contributed by atoms with Gasteiger partial charge in [-0.3, -0.25) is 10.1 Å². The molecular weight excluding hydrogens is 288 g/mol. The second-order valence-electron chi connectivity index (χ2n) is 7.08. The minimum Gasteiger partial charge on any atom is -0.478 e. The van der Waals surface area contributed by atoms with Crippen molar-refractivity contribution in [2.24, 2.45) is 11.3 Å². The summed E-state index contributed by atoms with van der Waals surface area (Å²) in [6.07, 6.45) is 3.76. The highest BCUT2D eigenvalue weighted by atomic mass is 16.5. The van der Waals surface area contributed by atoms with E-state index < -0.39 is 0 Å². The van der Waals surface area contributed by atoms with Gasteiger partial charge >= 0.3 is 0 Å². The molecule has 1 unspecified atom stereocenters. The third-order valence-electron chi connectivity index (χ3n) is 3.97. The standard InChI is InChI=1S/C19H32N2O2/c1-6-7-15(2)12-19(3,4)13-21-14-23-17-10-8-16(9-11-17)18(22)20-5/h8-11,15,21H,6-7,12-14H2,1-5H3,(H,20,22). The highest BCUT2D eigenvalue weighted by Gasteiger charge is 2.20. The van der Waals surface area contributed by atoms with E-state index in [2.05, 4.69) is 38.3 Å². The van der Waals surface area contributed by atoms with Crippen molar-refractivity contribution in [1.29, 1.82) is 0 Å². The molecular formula is C19H32N2O2. The number of hydrogen-bond donors (Lipinski definition) is 2. The first-order valence-corrected chi connectivity index (χ1v) is 8.53. The molecule has 4 nitrogen and oxygen atoms in total. The molecule has 2 N–H and O–H groups in total. The van der Waals surface area contributed by atoms with Crippen LogP contribution in [0, 0.1) is 11.3 Å². The molecule has 0 saturated heterocycles. The maximum Gasteiger partial charge on any atom is 0.251 e. The van der Waals surface area contributed by atoms with Crippen LogP contribution in [0.15, 0.2) is 24.3 Å². The Labute approximate surface area is 141 Å². The van der Waals surface area contributed by atoms with Crippen LogP contribution in [-0.2, 0) is 0 Å². The summed E-state index contributed by atoms with van der Waals surface area (Å²) in [6, 6.07) is 7.18. The monoisotopic (exact) mass is 320 g/mol. The molecule has 1 aromatic rings. The Bertz CT molecular complexity index is 469. The Kier molecular flexibility index (Phi) is 8.10. The summed E-state index contributed by atoms with van der Waals surface area (Å²) in [5.41, 5.74) is 0.903. The molecule has 0 heterocycles. The molecule has 130 valence electrons. The minimum absolute atomic E-state index is 0.0855. The molecule has 23 heavy (non-hydrogen) atoms. The van der Waals surface area contributed by atoms with Crippen molar-refractivity contribution in [2.75, 3.05) is 20.3 Å². The van der Waals surface area contributed by atoms with Crippen LogP contribution in [0.5, 0.6) is 5.75 Å². The number of hydrogen-bond acceptors (Lipinski definition) is 3. The summed E-state index contributed by atoms with van der Waals surface area (Å²) in [5, 5.41) is 5.97. The summed E-state index contributed by atoms with van der Waals surface area (Å²) in [7, 11) is 1.62. The quantitative estimate of drug-likeness (QED) is 0.509. The summed E-state index contributed by atoms with van der Waals surface area (Å²) < 4.78 is 5.68. The Hall–Kier alpha value is -1.55. The van der Waals surface area contributed by atoms with E-state index in [-0.39, 0.29) is 11.3 Å². The molecule has 0 aliphatic carbocycles. The number of benzene rings is 1. The highest BCUT2D eigenvalue weighted by molar-refractivity contribution is 5.94. The first-order valence-electron chi connectivity index (χ1n) is 8.53. The first-order chi connectivity index (χ1) is 10.9. The van der Waals surface area contributed by atoms with Crippen LogP contribution in [0.2, 0.25) is 0 Å². The predicted octanol–water partition coefficient (Wildman–Crippen LogP) is 3.82. The Morgan fingerprint density at radius 1 is 1.26 bits per heavy atom. The van der Waals surface area contributed by atoms with Crippen molar-refractivity contribution in [3.63, 3.8) is 0 Å². The topological polar surface area (TPSA) is 50.4 Å². The van der Waals surface area contributed by atoms with Gasteiger partial charge in [0.1, 0.15) is 12.5 Å². The maximum absolute atomic E-state index is 11.5. The number of nitrogens with one attached hydrogen (secondary N) is 2.